The van der Waals surface area contributed by atoms with Gasteiger partial charge in [-0.15, -0.1) is 0 Å². The maximum atomic E-state index is 11.9. The summed E-state index contributed by atoms with van der Waals surface area (Å²) in [5.74, 6) is 0. The summed E-state index contributed by atoms with van der Waals surface area (Å²) in [7, 11) is 1.69. The lowest BCUT2D eigenvalue weighted by Gasteiger charge is -2.17. The summed E-state index contributed by atoms with van der Waals surface area (Å²) in [6, 6.07) is 7.04. The Labute approximate surface area is 109 Å². The van der Waals surface area contributed by atoms with Crippen LogP contribution in [-0.2, 0) is 11.2 Å². The number of alkyl halides is 3. The zero-order chi connectivity index (χ0) is 13.6. The molecule has 0 heterocycles. The molecule has 2 nitrogen and oxygen atoms in total. The third-order valence-corrected chi connectivity index (χ3v) is 2.60. The van der Waals surface area contributed by atoms with E-state index in [0.717, 1.165) is 5.56 Å². The summed E-state index contributed by atoms with van der Waals surface area (Å²) in [6.45, 7) is -1.22. The minimum atomic E-state index is -4.28. The van der Waals surface area contributed by atoms with E-state index in [4.69, 9.17) is 11.6 Å². The molecule has 0 spiro atoms. The molecule has 1 aromatic carbocycles. The lowest BCUT2D eigenvalue weighted by atomic mass is 10.1. The highest BCUT2D eigenvalue weighted by atomic mass is 35.5. The van der Waals surface area contributed by atoms with Gasteiger partial charge >= 0.3 is 6.18 Å². The van der Waals surface area contributed by atoms with E-state index in [1.165, 1.54) is 0 Å². The van der Waals surface area contributed by atoms with Gasteiger partial charge in [0.05, 0.1) is 6.61 Å². The Balaban J connectivity index is 2.42. The standard InChI is InChI=1S/C12H15ClF3NO/c1-17-11(7-18-8-12(14,15)16)6-9-3-2-4-10(13)5-9/h2-5,11,17H,6-8H2,1H3. The second-order valence-electron chi connectivity index (χ2n) is 3.95. The molecule has 1 rings (SSSR count). The number of likely N-dealkylation sites (N-methyl/N-ethyl adjacent to an activating group) is 1. The number of benzene rings is 1. The second-order valence-corrected chi connectivity index (χ2v) is 4.39. The van der Waals surface area contributed by atoms with Crippen molar-refractivity contribution in [3.8, 4) is 0 Å². The first kappa shape index (κ1) is 15.3. The van der Waals surface area contributed by atoms with E-state index in [-0.39, 0.29) is 12.6 Å². The van der Waals surface area contributed by atoms with Crippen molar-refractivity contribution in [2.24, 2.45) is 0 Å². The molecule has 0 radical (unpaired) electrons. The lowest BCUT2D eigenvalue weighted by molar-refractivity contribution is -0.175. The van der Waals surface area contributed by atoms with Crippen molar-refractivity contribution < 1.29 is 17.9 Å². The number of rotatable bonds is 6. The van der Waals surface area contributed by atoms with Crippen LogP contribution in [0.1, 0.15) is 5.56 Å². The van der Waals surface area contributed by atoms with Gasteiger partial charge in [0, 0.05) is 11.1 Å². The number of hydrogen-bond donors (Lipinski definition) is 1. The minimum Gasteiger partial charge on any atom is -0.370 e. The predicted octanol–water partition coefficient (Wildman–Crippen LogP) is 3.05. The van der Waals surface area contributed by atoms with Crippen molar-refractivity contribution in [3.63, 3.8) is 0 Å². The third kappa shape index (κ3) is 6.23. The Kier molecular flexibility index (Phi) is 5.91. The fourth-order valence-corrected chi connectivity index (χ4v) is 1.72. The van der Waals surface area contributed by atoms with Crippen LogP contribution < -0.4 is 5.32 Å². The van der Waals surface area contributed by atoms with E-state index < -0.39 is 12.8 Å². The first-order valence-corrected chi connectivity index (χ1v) is 5.84. The molecule has 0 aliphatic carbocycles. The zero-order valence-corrected chi connectivity index (χ0v) is 10.7. The van der Waals surface area contributed by atoms with Gasteiger partial charge in [0.2, 0.25) is 0 Å². The van der Waals surface area contributed by atoms with Gasteiger partial charge in [0.15, 0.2) is 0 Å². The molecule has 102 valence electrons. The summed E-state index contributed by atoms with van der Waals surface area (Å²) in [6.07, 6.45) is -3.72. The SMILES string of the molecule is CNC(COCC(F)(F)F)Cc1cccc(Cl)c1. The van der Waals surface area contributed by atoms with Crippen LogP contribution in [0, 0.1) is 0 Å². The Hall–Kier alpha value is -0.780. The zero-order valence-electron chi connectivity index (χ0n) is 9.93. The Morgan fingerprint density at radius 2 is 2.11 bits per heavy atom. The highest BCUT2D eigenvalue weighted by molar-refractivity contribution is 6.30. The average Bonchev–Trinajstić information content (AvgIpc) is 2.26. The van der Waals surface area contributed by atoms with Gasteiger partial charge in [-0.25, -0.2) is 0 Å². The quantitative estimate of drug-likeness (QED) is 0.865. The first-order valence-electron chi connectivity index (χ1n) is 5.47. The molecule has 0 fully saturated rings. The van der Waals surface area contributed by atoms with E-state index in [1.807, 2.05) is 6.07 Å². The van der Waals surface area contributed by atoms with Crippen LogP contribution in [0.5, 0.6) is 0 Å². The molecule has 1 unspecified atom stereocenters. The van der Waals surface area contributed by atoms with Crippen LogP contribution in [-0.4, -0.2) is 32.5 Å². The summed E-state index contributed by atoms with van der Waals surface area (Å²) >= 11 is 5.84. The summed E-state index contributed by atoms with van der Waals surface area (Å²) in [5, 5.41) is 3.53. The third-order valence-electron chi connectivity index (χ3n) is 2.36. The van der Waals surface area contributed by atoms with Crippen molar-refractivity contribution in [2.45, 2.75) is 18.6 Å². The molecule has 0 saturated carbocycles. The number of halogens is 4. The predicted molar refractivity (Wildman–Crippen MR) is 64.9 cm³/mol. The van der Waals surface area contributed by atoms with Crippen LogP contribution in [0.15, 0.2) is 24.3 Å². The number of hydrogen-bond acceptors (Lipinski definition) is 2. The second kappa shape index (κ2) is 6.97. The Morgan fingerprint density at radius 3 is 2.67 bits per heavy atom. The minimum absolute atomic E-state index is 0.00250. The van der Waals surface area contributed by atoms with E-state index >= 15 is 0 Å². The lowest BCUT2D eigenvalue weighted by Crippen LogP contribution is -2.34. The molecule has 1 aromatic rings. The molecule has 1 N–H and O–H groups in total. The van der Waals surface area contributed by atoms with Crippen LogP contribution in [0.3, 0.4) is 0 Å². The molecule has 0 saturated heterocycles. The fourth-order valence-electron chi connectivity index (χ4n) is 1.51. The Bertz CT molecular complexity index is 371. The van der Waals surface area contributed by atoms with Gasteiger partial charge in [0.1, 0.15) is 6.61 Å². The molecule has 18 heavy (non-hydrogen) atoms. The van der Waals surface area contributed by atoms with Crippen LogP contribution in [0.4, 0.5) is 13.2 Å². The Morgan fingerprint density at radius 1 is 1.39 bits per heavy atom. The smallest absolute Gasteiger partial charge is 0.370 e. The summed E-state index contributed by atoms with van der Waals surface area (Å²) < 4.78 is 40.4. The molecular weight excluding hydrogens is 267 g/mol. The maximum Gasteiger partial charge on any atom is 0.411 e. The van der Waals surface area contributed by atoms with Crippen molar-refractivity contribution in [1.82, 2.24) is 5.32 Å². The largest absolute Gasteiger partial charge is 0.411 e. The van der Waals surface area contributed by atoms with Crippen molar-refractivity contribution in [1.29, 1.82) is 0 Å². The fraction of sp³-hybridized carbons (Fsp3) is 0.500. The van der Waals surface area contributed by atoms with Gasteiger partial charge in [-0.2, -0.15) is 13.2 Å². The monoisotopic (exact) mass is 281 g/mol. The molecule has 6 heteroatoms. The van der Waals surface area contributed by atoms with E-state index in [2.05, 4.69) is 10.1 Å². The van der Waals surface area contributed by atoms with Gasteiger partial charge < -0.3 is 10.1 Å². The molecule has 0 amide bonds. The highest BCUT2D eigenvalue weighted by Crippen LogP contribution is 2.15. The summed E-state index contributed by atoms with van der Waals surface area (Å²) in [5.41, 5.74) is 0.956. The number of nitrogens with one attached hydrogen (secondary N) is 1. The molecule has 1 atom stereocenters. The van der Waals surface area contributed by atoms with E-state index in [9.17, 15) is 13.2 Å². The van der Waals surface area contributed by atoms with E-state index in [0.29, 0.717) is 11.4 Å². The van der Waals surface area contributed by atoms with Crippen LogP contribution >= 0.6 is 11.6 Å². The average molecular weight is 282 g/mol. The van der Waals surface area contributed by atoms with Crippen molar-refractivity contribution in [2.75, 3.05) is 20.3 Å². The van der Waals surface area contributed by atoms with Gasteiger partial charge in [-0.05, 0) is 31.2 Å². The van der Waals surface area contributed by atoms with E-state index in [1.54, 1.807) is 25.2 Å². The molecular formula is C12H15ClF3NO. The highest BCUT2D eigenvalue weighted by Gasteiger charge is 2.27. The van der Waals surface area contributed by atoms with Crippen molar-refractivity contribution >= 4 is 11.6 Å². The van der Waals surface area contributed by atoms with Crippen LogP contribution in [0.25, 0.3) is 0 Å². The molecule has 0 aromatic heterocycles. The first-order chi connectivity index (χ1) is 8.40. The maximum absolute atomic E-state index is 11.9. The van der Waals surface area contributed by atoms with Crippen LogP contribution in [0.2, 0.25) is 5.02 Å². The number of ether oxygens (including phenoxy) is 1. The summed E-state index contributed by atoms with van der Waals surface area (Å²) in [4.78, 5) is 0. The molecule has 0 bridgehead atoms. The normalized spacial score (nSPS) is 13.6. The topological polar surface area (TPSA) is 21.3 Å². The molecule has 0 aliphatic rings. The van der Waals surface area contributed by atoms with Gasteiger partial charge in [-0.3, -0.25) is 0 Å². The van der Waals surface area contributed by atoms with Crippen molar-refractivity contribution in [3.05, 3.63) is 34.9 Å². The van der Waals surface area contributed by atoms with Gasteiger partial charge in [0.25, 0.3) is 0 Å². The molecule has 0 aliphatic heterocycles. The van der Waals surface area contributed by atoms with Gasteiger partial charge in [-0.1, -0.05) is 23.7 Å².